The molecule has 1 aromatic rings. The Labute approximate surface area is 121 Å². The third-order valence-corrected chi connectivity index (χ3v) is 4.58. The van der Waals surface area contributed by atoms with Crippen LogP contribution in [0.1, 0.15) is 39.2 Å². The molecule has 0 aromatic heterocycles. The Hall–Kier alpha value is -1.11. The largest absolute Gasteiger partial charge is 0.493 e. The number of nitrogens with one attached hydrogen (secondary N) is 1. The van der Waals surface area contributed by atoms with Crippen molar-refractivity contribution in [3.8, 4) is 5.75 Å². The van der Waals surface area contributed by atoms with Crippen molar-refractivity contribution in [1.29, 1.82) is 0 Å². The Bertz CT molecular complexity index is 529. The Morgan fingerprint density at radius 1 is 1.35 bits per heavy atom. The number of ether oxygens (including phenoxy) is 1. The summed E-state index contributed by atoms with van der Waals surface area (Å²) in [6, 6.07) is 4.70. The summed E-state index contributed by atoms with van der Waals surface area (Å²) in [6.07, 6.45) is 1.63. The highest BCUT2D eigenvalue weighted by molar-refractivity contribution is 7.89. The summed E-state index contributed by atoms with van der Waals surface area (Å²) in [5.41, 5.74) is 6.37. The number of nitrogens with two attached hydrogens (primary N) is 1. The van der Waals surface area contributed by atoms with Crippen LogP contribution in [0.4, 0.5) is 0 Å². The fourth-order valence-corrected chi connectivity index (χ4v) is 3.03. The van der Waals surface area contributed by atoms with Crippen molar-refractivity contribution in [2.75, 3.05) is 6.61 Å². The summed E-state index contributed by atoms with van der Waals surface area (Å²) in [5, 5.41) is 0. The van der Waals surface area contributed by atoms with Crippen molar-refractivity contribution in [3.05, 3.63) is 23.8 Å². The highest BCUT2D eigenvalue weighted by atomic mass is 32.2. The lowest BCUT2D eigenvalue weighted by Crippen LogP contribution is -2.32. The normalized spacial score (nSPS) is 13.2. The van der Waals surface area contributed by atoms with Gasteiger partial charge < -0.3 is 10.5 Å². The molecule has 0 spiro atoms. The first-order valence-electron chi connectivity index (χ1n) is 6.92. The molecule has 0 aliphatic carbocycles. The molecule has 1 aromatic carbocycles. The first kappa shape index (κ1) is 16.9. The molecule has 1 atom stereocenters. The number of benzene rings is 1. The van der Waals surface area contributed by atoms with E-state index in [9.17, 15) is 8.42 Å². The van der Waals surface area contributed by atoms with Gasteiger partial charge in [0, 0.05) is 18.2 Å². The van der Waals surface area contributed by atoms with Crippen molar-refractivity contribution in [2.45, 2.75) is 51.1 Å². The maximum atomic E-state index is 12.2. The van der Waals surface area contributed by atoms with Crippen LogP contribution in [0.3, 0.4) is 0 Å². The van der Waals surface area contributed by atoms with E-state index in [2.05, 4.69) is 4.72 Å². The van der Waals surface area contributed by atoms with E-state index in [-0.39, 0.29) is 17.5 Å². The van der Waals surface area contributed by atoms with Gasteiger partial charge in [0.25, 0.3) is 0 Å². The lowest BCUT2D eigenvalue weighted by molar-refractivity contribution is 0.314. The van der Waals surface area contributed by atoms with E-state index in [1.165, 1.54) is 0 Å². The molecule has 5 nitrogen and oxygen atoms in total. The number of hydrogen-bond acceptors (Lipinski definition) is 4. The minimum absolute atomic E-state index is 0.0997. The zero-order valence-corrected chi connectivity index (χ0v) is 13.2. The van der Waals surface area contributed by atoms with Gasteiger partial charge in [-0.2, -0.15) is 0 Å². The molecule has 6 heteroatoms. The van der Waals surface area contributed by atoms with E-state index in [1.54, 1.807) is 18.2 Å². The van der Waals surface area contributed by atoms with Crippen LogP contribution in [0.5, 0.6) is 5.75 Å². The predicted octanol–water partition coefficient (Wildman–Crippen LogP) is 2.01. The third-order valence-electron chi connectivity index (χ3n) is 2.99. The standard InChI is InChI=1S/C14H24N2O3S/c1-4-8-19-14-7-6-13(9-12(14)10-15)20(17,18)16-11(3)5-2/h6-7,9,11,16H,4-5,8,10,15H2,1-3H3. The van der Waals surface area contributed by atoms with Crippen LogP contribution < -0.4 is 15.2 Å². The van der Waals surface area contributed by atoms with Crippen LogP contribution in [0.2, 0.25) is 0 Å². The van der Waals surface area contributed by atoms with Crippen molar-refractivity contribution in [1.82, 2.24) is 4.72 Å². The lowest BCUT2D eigenvalue weighted by atomic mass is 10.2. The molecular formula is C14H24N2O3S. The molecule has 0 bridgehead atoms. The molecule has 1 rings (SSSR count). The molecule has 0 aliphatic rings. The zero-order valence-electron chi connectivity index (χ0n) is 12.3. The fraction of sp³-hybridized carbons (Fsp3) is 0.571. The highest BCUT2D eigenvalue weighted by Gasteiger charge is 2.18. The van der Waals surface area contributed by atoms with E-state index in [0.29, 0.717) is 17.9 Å². The van der Waals surface area contributed by atoms with Gasteiger partial charge in [0.2, 0.25) is 10.0 Å². The molecule has 0 saturated heterocycles. The zero-order chi connectivity index (χ0) is 15.2. The summed E-state index contributed by atoms with van der Waals surface area (Å²) in [5.74, 6) is 0.650. The molecule has 3 N–H and O–H groups in total. The number of hydrogen-bond donors (Lipinski definition) is 2. The number of rotatable bonds is 8. The molecule has 0 amide bonds. The monoisotopic (exact) mass is 300 g/mol. The van der Waals surface area contributed by atoms with Gasteiger partial charge in [-0.25, -0.2) is 13.1 Å². The quantitative estimate of drug-likeness (QED) is 0.769. The maximum absolute atomic E-state index is 12.2. The summed E-state index contributed by atoms with van der Waals surface area (Å²) in [6.45, 7) is 6.60. The Balaban J connectivity index is 3.02. The molecule has 114 valence electrons. The van der Waals surface area contributed by atoms with Crippen molar-refractivity contribution >= 4 is 10.0 Å². The van der Waals surface area contributed by atoms with Gasteiger partial charge in [-0.3, -0.25) is 0 Å². The Morgan fingerprint density at radius 3 is 2.60 bits per heavy atom. The SMILES string of the molecule is CCCOc1ccc(S(=O)(=O)NC(C)CC)cc1CN. The molecule has 0 aliphatic heterocycles. The topological polar surface area (TPSA) is 81.4 Å². The first-order chi connectivity index (χ1) is 9.44. The van der Waals surface area contributed by atoms with E-state index in [0.717, 1.165) is 12.8 Å². The summed E-state index contributed by atoms with van der Waals surface area (Å²) in [7, 11) is -3.50. The molecule has 0 fully saturated rings. The molecule has 20 heavy (non-hydrogen) atoms. The molecule has 0 radical (unpaired) electrons. The van der Waals surface area contributed by atoms with E-state index >= 15 is 0 Å². The van der Waals surface area contributed by atoms with Gasteiger partial charge >= 0.3 is 0 Å². The summed E-state index contributed by atoms with van der Waals surface area (Å²) >= 11 is 0. The maximum Gasteiger partial charge on any atom is 0.240 e. The van der Waals surface area contributed by atoms with Gasteiger partial charge in [0.05, 0.1) is 11.5 Å². The molecule has 0 saturated carbocycles. The fourth-order valence-electron chi connectivity index (χ4n) is 1.65. The van der Waals surface area contributed by atoms with E-state index in [4.69, 9.17) is 10.5 Å². The Morgan fingerprint density at radius 2 is 2.05 bits per heavy atom. The lowest BCUT2D eigenvalue weighted by Gasteiger charge is -2.14. The van der Waals surface area contributed by atoms with Crippen LogP contribution in [0.15, 0.2) is 23.1 Å². The predicted molar refractivity (Wildman–Crippen MR) is 80.2 cm³/mol. The van der Waals surface area contributed by atoms with Crippen LogP contribution in [-0.2, 0) is 16.6 Å². The average molecular weight is 300 g/mol. The van der Waals surface area contributed by atoms with Crippen molar-refractivity contribution in [3.63, 3.8) is 0 Å². The molecular weight excluding hydrogens is 276 g/mol. The summed E-state index contributed by atoms with van der Waals surface area (Å²) < 4.78 is 32.6. The smallest absolute Gasteiger partial charge is 0.240 e. The van der Waals surface area contributed by atoms with Crippen molar-refractivity contribution in [2.24, 2.45) is 5.73 Å². The van der Waals surface area contributed by atoms with Gasteiger partial charge in [0.1, 0.15) is 5.75 Å². The average Bonchev–Trinajstić information content (AvgIpc) is 2.44. The second kappa shape index (κ2) is 7.61. The van der Waals surface area contributed by atoms with Crippen molar-refractivity contribution < 1.29 is 13.2 Å². The van der Waals surface area contributed by atoms with Gasteiger partial charge in [-0.05, 0) is 38.0 Å². The third kappa shape index (κ3) is 4.47. The summed E-state index contributed by atoms with van der Waals surface area (Å²) in [4.78, 5) is 0.224. The van der Waals surface area contributed by atoms with E-state index in [1.807, 2.05) is 20.8 Å². The van der Waals surface area contributed by atoms with Crippen LogP contribution in [0, 0.1) is 0 Å². The molecule has 1 unspecified atom stereocenters. The number of sulfonamides is 1. The minimum Gasteiger partial charge on any atom is -0.493 e. The van der Waals surface area contributed by atoms with Gasteiger partial charge in [-0.15, -0.1) is 0 Å². The van der Waals surface area contributed by atoms with Crippen LogP contribution in [0.25, 0.3) is 0 Å². The molecule has 0 heterocycles. The van der Waals surface area contributed by atoms with Crippen LogP contribution in [-0.4, -0.2) is 21.1 Å². The van der Waals surface area contributed by atoms with Crippen LogP contribution >= 0.6 is 0 Å². The first-order valence-corrected chi connectivity index (χ1v) is 8.41. The van der Waals surface area contributed by atoms with E-state index < -0.39 is 10.0 Å². The van der Waals surface area contributed by atoms with Gasteiger partial charge in [-0.1, -0.05) is 13.8 Å². The highest BCUT2D eigenvalue weighted by Crippen LogP contribution is 2.22. The van der Waals surface area contributed by atoms with Gasteiger partial charge in [0.15, 0.2) is 0 Å². The second-order valence-corrected chi connectivity index (χ2v) is 6.47. The minimum atomic E-state index is -3.50. The second-order valence-electron chi connectivity index (χ2n) is 4.75. The Kier molecular flexibility index (Phi) is 6.45.